The standard InChI is InChI=1S/C36H47FN4O9S/c1-22-12-15-26(38-18-22)27(42)17-23-13-14-25(37)24(16-23)35(11)21-51(46,47)36(19-40(20-36)29(43)48-32(2,3)4)28(39-35)41(30(44)49-33(5,6)7)31(45)50-34(8,9)10/h12-16,18H,17,19-21H2,1-11H3/t35-/m0/s1. The highest BCUT2D eigenvalue weighted by atomic mass is 32.2. The number of ketones is 1. The largest absolute Gasteiger partial charge is 0.444 e. The zero-order valence-electron chi connectivity index (χ0n) is 31.0. The van der Waals surface area contributed by atoms with E-state index in [9.17, 15) is 27.6 Å². The van der Waals surface area contributed by atoms with Crippen LogP contribution in [0.2, 0.25) is 0 Å². The summed E-state index contributed by atoms with van der Waals surface area (Å²) < 4.78 is 59.4. The number of amides is 3. The molecule has 3 heterocycles. The molecule has 1 spiro atoms. The Bertz CT molecular complexity index is 1840. The number of halogens is 1. The van der Waals surface area contributed by atoms with Crippen LogP contribution in [0.15, 0.2) is 41.5 Å². The van der Waals surface area contributed by atoms with E-state index in [0.717, 1.165) is 16.5 Å². The first-order chi connectivity index (χ1) is 23.2. The molecule has 2 aromatic rings. The fourth-order valence-corrected chi connectivity index (χ4v) is 7.99. The van der Waals surface area contributed by atoms with Gasteiger partial charge in [-0.05, 0) is 105 Å². The molecule has 278 valence electrons. The van der Waals surface area contributed by atoms with Crippen LogP contribution in [0.4, 0.5) is 18.8 Å². The van der Waals surface area contributed by atoms with Crippen LogP contribution in [-0.2, 0) is 36.0 Å². The highest BCUT2D eigenvalue weighted by Crippen LogP contribution is 2.45. The second kappa shape index (κ2) is 13.3. The van der Waals surface area contributed by atoms with Crippen molar-refractivity contribution in [2.45, 2.75) is 110 Å². The SMILES string of the molecule is Cc1ccc(C(=O)Cc2ccc(F)c([C@]3(C)CS(=O)(=O)C4(CN(C(=O)OC(C)(C)C)C4)C(N(C(=O)OC(C)(C)C)C(=O)OC(C)(C)C)=N3)c2)nc1. The number of rotatable bonds is 4. The Balaban J connectivity index is 1.90. The number of imide groups is 1. The van der Waals surface area contributed by atoms with Crippen LogP contribution in [0, 0.1) is 12.7 Å². The Hall–Kier alpha value is -4.40. The fraction of sp³-hybridized carbons (Fsp3) is 0.556. The van der Waals surface area contributed by atoms with Gasteiger partial charge in [0, 0.05) is 18.2 Å². The van der Waals surface area contributed by atoms with Crippen LogP contribution in [0.5, 0.6) is 0 Å². The molecule has 1 aromatic carbocycles. The van der Waals surface area contributed by atoms with Gasteiger partial charge in [-0.3, -0.25) is 14.8 Å². The minimum absolute atomic E-state index is 0.181. The molecule has 1 aromatic heterocycles. The van der Waals surface area contributed by atoms with Gasteiger partial charge in [0.2, 0.25) is 0 Å². The lowest BCUT2D eigenvalue weighted by atomic mass is 9.89. The van der Waals surface area contributed by atoms with Gasteiger partial charge >= 0.3 is 18.3 Å². The molecule has 0 unspecified atom stereocenters. The number of aromatic nitrogens is 1. The van der Waals surface area contributed by atoms with E-state index in [-0.39, 0.29) is 23.5 Å². The van der Waals surface area contributed by atoms with Crippen molar-refractivity contribution in [3.63, 3.8) is 0 Å². The summed E-state index contributed by atoms with van der Waals surface area (Å²) in [6, 6.07) is 7.16. The molecule has 0 saturated carbocycles. The van der Waals surface area contributed by atoms with Crippen LogP contribution in [0.25, 0.3) is 0 Å². The first-order valence-corrected chi connectivity index (χ1v) is 18.1. The number of aliphatic imine (C=N–C) groups is 1. The van der Waals surface area contributed by atoms with E-state index in [1.165, 1.54) is 19.1 Å². The maximum absolute atomic E-state index is 15.8. The molecule has 4 rings (SSSR count). The summed E-state index contributed by atoms with van der Waals surface area (Å²) in [7, 11) is -4.48. The van der Waals surface area contributed by atoms with Crippen LogP contribution in [0.1, 0.15) is 96.4 Å². The van der Waals surface area contributed by atoms with E-state index < -0.39 is 85.7 Å². The number of sulfone groups is 1. The monoisotopic (exact) mass is 730 g/mol. The van der Waals surface area contributed by atoms with Gasteiger partial charge in [0.1, 0.15) is 39.7 Å². The van der Waals surface area contributed by atoms with Gasteiger partial charge < -0.3 is 19.1 Å². The van der Waals surface area contributed by atoms with Gasteiger partial charge in [-0.2, -0.15) is 4.90 Å². The van der Waals surface area contributed by atoms with Crippen molar-refractivity contribution >= 4 is 39.7 Å². The number of hydrogen-bond acceptors (Lipinski definition) is 11. The summed E-state index contributed by atoms with van der Waals surface area (Å²) in [6.07, 6.45) is -2.01. The zero-order valence-corrected chi connectivity index (χ0v) is 31.9. The Kier molecular flexibility index (Phi) is 10.3. The number of carbonyl (C=O) groups excluding carboxylic acids is 4. The Labute approximate surface area is 298 Å². The Morgan fingerprint density at radius 1 is 0.882 bits per heavy atom. The van der Waals surface area contributed by atoms with E-state index in [1.54, 1.807) is 80.6 Å². The molecule has 3 amide bonds. The van der Waals surface area contributed by atoms with Crippen LogP contribution in [0.3, 0.4) is 0 Å². The van der Waals surface area contributed by atoms with Crippen LogP contribution < -0.4 is 0 Å². The van der Waals surface area contributed by atoms with E-state index in [1.807, 2.05) is 6.92 Å². The molecule has 1 fully saturated rings. The van der Waals surface area contributed by atoms with Gasteiger partial charge in [0.25, 0.3) is 0 Å². The van der Waals surface area contributed by atoms with Crippen LogP contribution in [-0.4, -0.2) is 93.5 Å². The Morgan fingerprint density at radius 2 is 1.43 bits per heavy atom. The third-order valence-electron chi connectivity index (χ3n) is 7.91. The minimum Gasteiger partial charge on any atom is -0.444 e. The summed E-state index contributed by atoms with van der Waals surface area (Å²) in [6.45, 7) is 16.4. The third-order valence-corrected chi connectivity index (χ3v) is 10.5. The average molecular weight is 731 g/mol. The molecule has 0 radical (unpaired) electrons. The number of pyridine rings is 1. The van der Waals surface area contributed by atoms with Crippen molar-refractivity contribution in [3.8, 4) is 0 Å². The van der Waals surface area contributed by atoms with E-state index in [0.29, 0.717) is 10.5 Å². The first kappa shape index (κ1) is 39.4. The minimum atomic E-state index is -4.48. The number of hydrogen-bond donors (Lipinski definition) is 0. The summed E-state index contributed by atoms with van der Waals surface area (Å²) in [5.41, 5.74) is -3.92. The number of aryl methyl sites for hydroxylation is 1. The molecular weight excluding hydrogens is 683 g/mol. The molecule has 13 nitrogen and oxygen atoms in total. The van der Waals surface area contributed by atoms with E-state index in [2.05, 4.69) is 4.98 Å². The van der Waals surface area contributed by atoms with Crippen molar-refractivity contribution in [2.24, 2.45) is 4.99 Å². The molecular formula is C36H47FN4O9S. The quantitative estimate of drug-likeness (QED) is 0.263. The van der Waals surface area contributed by atoms with Gasteiger partial charge in [0.05, 0.1) is 18.8 Å². The topological polar surface area (TPSA) is 162 Å². The second-order valence-electron chi connectivity index (χ2n) is 16.2. The molecule has 2 aliphatic heterocycles. The highest BCUT2D eigenvalue weighted by molar-refractivity contribution is 7.93. The summed E-state index contributed by atoms with van der Waals surface area (Å²) in [5, 5.41) is 0. The van der Waals surface area contributed by atoms with Gasteiger partial charge in [0.15, 0.2) is 20.4 Å². The van der Waals surface area contributed by atoms with E-state index >= 15 is 4.39 Å². The summed E-state index contributed by atoms with van der Waals surface area (Å²) >= 11 is 0. The van der Waals surface area contributed by atoms with Crippen molar-refractivity contribution < 1.29 is 46.2 Å². The highest BCUT2D eigenvalue weighted by Gasteiger charge is 2.66. The van der Waals surface area contributed by atoms with Gasteiger partial charge in [-0.15, -0.1) is 0 Å². The van der Waals surface area contributed by atoms with E-state index in [4.69, 9.17) is 19.2 Å². The molecule has 15 heteroatoms. The molecule has 2 aliphatic rings. The lowest BCUT2D eigenvalue weighted by molar-refractivity contribution is 0.00524. The summed E-state index contributed by atoms with van der Waals surface area (Å²) in [5.74, 6) is -2.55. The predicted octanol–water partition coefficient (Wildman–Crippen LogP) is 6.16. The number of carbonyl (C=O) groups is 4. The number of nitrogens with zero attached hydrogens (tertiary/aromatic N) is 4. The van der Waals surface area contributed by atoms with Crippen molar-refractivity contribution in [2.75, 3.05) is 18.8 Å². The van der Waals surface area contributed by atoms with Crippen molar-refractivity contribution in [1.29, 1.82) is 0 Å². The lowest BCUT2D eigenvalue weighted by Crippen LogP contribution is -2.77. The Morgan fingerprint density at radius 3 is 1.92 bits per heavy atom. The number of benzene rings is 1. The smallest absolute Gasteiger partial charge is 0.425 e. The fourth-order valence-electron chi connectivity index (χ4n) is 5.64. The molecule has 1 saturated heterocycles. The third kappa shape index (κ3) is 8.74. The number of amidine groups is 1. The predicted molar refractivity (Wildman–Crippen MR) is 187 cm³/mol. The zero-order chi connectivity index (χ0) is 38.5. The summed E-state index contributed by atoms with van der Waals surface area (Å²) in [4.78, 5) is 64.3. The molecule has 1 atom stereocenters. The average Bonchev–Trinajstić information content (AvgIpc) is 2.89. The van der Waals surface area contributed by atoms with Crippen LogP contribution >= 0.6 is 0 Å². The first-order valence-electron chi connectivity index (χ1n) is 16.5. The number of ether oxygens (including phenoxy) is 3. The lowest BCUT2D eigenvalue weighted by Gasteiger charge is -2.53. The second-order valence-corrected chi connectivity index (χ2v) is 18.5. The van der Waals surface area contributed by atoms with Crippen molar-refractivity contribution in [3.05, 3.63) is 64.7 Å². The van der Waals surface area contributed by atoms with Gasteiger partial charge in [-0.1, -0.05) is 12.1 Å². The number of likely N-dealkylation sites (tertiary alicyclic amines) is 1. The maximum Gasteiger partial charge on any atom is 0.425 e. The molecule has 0 aliphatic carbocycles. The molecule has 51 heavy (non-hydrogen) atoms. The van der Waals surface area contributed by atoms with Gasteiger partial charge in [-0.25, -0.2) is 27.2 Å². The maximum atomic E-state index is 15.8. The van der Waals surface area contributed by atoms with Crippen molar-refractivity contribution in [1.82, 2.24) is 14.8 Å². The number of Topliss-reactive ketones (excluding diaryl/α,β-unsaturated/α-hetero) is 1. The normalized spacial score (nSPS) is 19.8. The molecule has 0 N–H and O–H groups in total. The molecule has 0 bridgehead atoms.